The van der Waals surface area contributed by atoms with Crippen molar-refractivity contribution in [3.05, 3.63) is 63.8 Å². The van der Waals surface area contributed by atoms with Gasteiger partial charge in [0.2, 0.25) is 0 Å². The van der Waals surface area contributed by atoms with Gasteiger partial charge in [-0.05, 0) is 13.8 Å². The summed E-state index contributed by atoms with van der Waals surface area (Å²) in [4.78, 5) is 0. The fourth-order valence-corrected chi connectivity index (χ4v) is 3.25. The van der Waals surface area contributed by atoms with Gasteiger partial charge in [-0.15, -0.1) is 35.4 Å². The topological polar surface area (TPSA) is 0 Å². The van der Waals surface area contributed by atoms with Crippen LogP contribution in [-0.4, -0.2) is 0 Å². The van der Waals surface area contributed by atoms with E-state index in [1.165, 1.54) is 44.2 Å². The van der Waals surface area contributed by atoms with Gasteiger partial charge in [-0.1, -0.05) is 57.2 Å². The Labute approximate surface area is 207 Å². The Morgan fingerprint density at radius 2 is 1.44 bits per heavy atom. The van der Waals surface area contributed by atoms with Crippen LogP contribution < -0.4 is 48.0 Å². The van der Waals surface area contributed by atoms with E-state index in [1.54, 1.807) is 0 Å². The zero-order valence-electron chi connectivity index (χ0n) is 16.6. The van der Waals surface area contributed by atoms with Crippen LogP contribution in [0.4, 0.5) is 0 Å². The molecule has 0 fully saturated rings. The van der Waals surface area contributed by atoms with Gasteiger partial charge in [0.1, 0.15) is 0 Å². The van der Waals surface area contributed by atoms with Gasteiger partial charge >= 0.3 is 26.2 Å². The molecular weight excluding hydrogens is 609 g/mol. The van der Waals surface area contributed by atoms with Crippen molar-refractivity contribution in [1.29, 1.82) is 0 Å². The number of fused-ring (bicyclic) bond motifs is 1. The number of benzene rings is 1. The molecule has 1 aliphatic carbocycles. The number of allylic oxidation sites excluding steroid dienone is 4. The minimum absolute atomic E-state index is 0. The predicted octanol–water partition coefficient (Wildman–Crippen LogP) is 0.602. The van der Waals surface area contributed by atoms with Crippen LogP contribution in [-0.2, 0) is 26.2 Å². The van der Waals surface area contributed by atoms with Crippen molar-refractivity contribution in [2.45, 2.75) is 55.4 Å². The van der Waals surface area contributed by atoms with E-state index in [0.29, 0.717) is 0 Å². The predicted molar refractivity (Wildman–Crippen MR) is 98.3 cm³/mol. The van der Waals surface area contributed by atoms with Gasteiger partial charge in [-0.2, -0.15) is 17.2 Å². The van der Waals surface area contributed by atoms with Gasteiger partial charge in [0.15, 0.2) is 0 Å². The Morgan fingerprint density at radius 1 is 0.880 bits per heavy atom. The summed E-state index contributed by atoms with van der Waals surface area (Å²) in [6, 6.07) is 8.98. The van der Waals surface area contributed by atoms with Crippen LogP contribution in [0.2, 0.25) is 0 Å². The maximum atomic E-state index is 3.44. The quantitative estimate of drug-likeness (QED) is 0.294. The molecule has 0 aromatic heterocycles. The first-order valence-corrected chi connectivity index (χ1v) is 8.06. The minimum Gasteiger partial charge on any atom is -1.00 e. The molecule has 0 spiro atoms. The summed E-state index contributed by atoms with van der Waals surface area (Å²) in [5.74, 6) is 0. The molecule has 2 aromatic carbocycles. The van der Waals surface area contributed by atoms with Crippen LogP contribution in [0.25, 0.3) is 10.8 Å². The third kappa shape index (κ3) is 6.64. The molecular formula is C22H28I2Zr. The summed E-state index contributed by atoms with van der Waals surface area (Å²) in [5, 5.41) is 2.78. The summed E-state index contributed by atoms with van der Waals surface area (Å²) in [6.07, 6.45) is 3.44. The molecule has 0 saturated carbocycles. The molecule has 134 valence electrons. The van der Waals surface area contributed by atoms with E-state index in [2.05, 4.69) is 85.7 Å². The molecule has 0 bridgehead atoms. The zero-order chi connectivity index (χ0) is 16.7. The van der Waals surface area contributed by atoms with E-state index in [9.17, 15) is 0 Å². The number of rotatable bonds is 0. The molecule has 3 heteroatoms. The molecule has 25 heavy (non-hydrogen) atoms. The second-order valence-corrected chi connectivity index (χ2v) is 7.24. The number of aryl methyl sites for hydroxylation is 3. The third-order valence-corrected chi connectivity index (χ3v) is 4.88. The summed E-state index contributed by atoms with van der Waals surface area (Å²) in [7, 11) is 0. The average molecular weight is 637 g/mol. The van der Waals surface area contributed by atoms with Gasteiger partial charge < -0.3 is 48.0 Å². The van der Waals surface area contributed by atoms with E-state index < -0.39 is 0 Å². The molecule has 0 N–H and O–H groups in total. The van der Waals surface area contributed by atoms with E-state index >= 15 is 0 Å². The van der Waals surface area contributed by atoms with Crippen LogP contribution in [0.1, 0.15) is 51.3 Å². The zero-order valence-corrected chi connectivity index (χ0v) is 23.3. The smallest absolute Gasteiger partial charge is 1.00 e. The monoisotopic (exact) mass is 636 g/mol. The molecule has 0 heterocycles. The second kappa shape index (κ2) is 10.9. The molecule has 1 aliphatic rings. The van der Waals surface area contributed by atoms with Crippen molar-refractivity contribution < 1.29 is 74.2 Å². The Kier molecular flexibility index (Phi) is 12.1. The van der Waals surface area contributed by atoms with Crippen LogP contribution in [0, 0.1) is 32.3 Å². The van der Waals surface area contributed by atoms with E-state index in [-0.39, 0.29) is 79.6 Å². The molecule has 2 aromatic rings. The third-order valence-electron chi connectivity index (χ3n) is 4.88. The Morgan fingerprint density at radius 3 is 1.84 bits per heavy atom. The normalized spacial score (nSPS) is 14.6. The number of hydrogen-bond acceptors (Lipinski definition) is 0. The van der Waals surface area contributed by atoms with E-state index in [1.807, 2.05) is 0 Å². The Balaban J connectivity index is 0. The first-order valence-electron chi connectivity index (χ1n) is 8.06. The Bertz CT molecular complexity index is 777. The maximum Gasteiger partial charge on any atom is 4.00 e. The van der Waals surface area contributed by atoms with Gasteiger partial charge in [0.25, 0.3) is 0 Å². The Hall–Kier alpha value is 0.653. The molecule has 0 nitrogen and oxygen atoms in total. The largest absolute Gasteiger partial charge is 4.00 e. The van der Waals surface area contributed by atoms with Crippen LogP contribution in [0.5, 0.6) is 0 Å². The summed E-state index contributed by atoms with van der Waals surface area (Å²) in [6.45, 7) is 17.4. The summed E-state index contributed by atoms with van der Waals surface area (Å²) in [5.41, 5.74) is 8.49. The number of halogens is 2. The van der Waals surface area contributed by atoms with Gasteiger partial charge in [0, 0.05) is 0 Å². The molecule has 0 radical (unpaired) electrons. The van der Waals surface area contributed by atoms with Gasteiger partial charge in [0.05, 0.1) is 0 Å². The fraction of sp³-hybridized carbons (Fsp3) is 0.409. The van der Waals surface area contributed by atoms with Crippen LogP contribution >= 0.6 is 0 Å². The van der Waals surface area contributed by atoms with Crippen molar-refractivity contribution in [2.24, 2.45) is 5.41 Å². The SMILES string of the molecule is CC1=[C-]C(C)(C)C(C)=C1C.Cc1cc(C)c2cc(C)[cH-]c2c1.[I-].[I-].[Zr+4]. The van der Waals surface area contributed by atoms with Crippen molar-refractivity contribution in [2.75, 3.05) is 0 Å². The van der Waals surface area contributed by atoms with Crippen molar-refractivity contribution >= 4 is 10.8 Å². The van der Waals surface area contributed by atoms with Crippen molar-refractivity contribution in [3.63, 3.8) is 0 Å². The minimum atomic E-state index is 0. The first kappa shape index (κ1) is 27.9. The average Bonchev–Trinajstić information content (AvgIpc) is 2.84. The molecule has 0 aliphatic heterocycles. The maximum absolute atomic E-state index is 3.44. The molecule has 0 amide bonds. The molecule has 0 unspecified atom stereocenters. The first-order chi connectivity index (χ1) is 10.1. The summed E-state index contributed by atoms with van der Waals surface area (Å²) < 4.78 is 0. The molecule has 0 saturated heterocycles. The van der Waals surface area contributed by atoms with Gasteiger partial charge in [-0.3, -0.25) is 6.08 Å². The number of hydrogen-bond donors (Lipinski definition) is 0. The van der Waals surface area contributed by atoms with Crippen LogP contribution in [0.3, 0.4) is 0 Å². The van der Waals surface area contributed by atoms with Gasteiger partial charge in [-0.25, -0.2) is 5.57 Å². The van der Waals surface area contributed by atoms with Crippen LogP contribution in [0.15, 0.2) is 41.0 Å². The van der Waals surface area contributed by atoms with E-state index in [0.717, 1.165) is 0 Å². The second-order valence-electron chi connectivity index (χ2n) is 7.24. The molecule has 0 atom stereocenters. The summed E-state index contributed by atoms with van der Waals surface area (Å²) >= 11 is 0. The molecule has 3 rings (SSSR count). The van der Waals surface area contributed by atoms with E-state index in [4.69, 9.17) is 0 Å². The fourth-order valence-electron chi connectivity index (χ4n) is 3.25. The van der Waals surface area contributed by atoms with Crippen molar-refractivity contribution in [1.82, 2.24) is 0 Å². The van der Waals surface area contributed by atoms with Crippen molar-refractivity contribution in [3.8, 4) is 0 Å². The standard InChI is InChI=1S/C12H13.C10H15.2HI.Zr/c1-8-4-10(3)12-7-9(2)6-11(12)5-8;1-7-6-10(4,5)9(3)8(7)2;;;/h4-7H,1-3H3;1-5H3;2*1H;/q2*-1;;;+4/p-2.